The Hall–Kier alpha value is -0.490. The summed E-state index contributed by atoms with van der Waals surface area (Å²) >= 11 is 6.56. The summed E-state index contributed by atoms with van der Waals surface area (Å²) in [4.78, 5) is 0. The third kappa shape index (κ3) is 4.53. The largest absolute Gasteiger partial charge is 0.123 e. The Morgan fingerprint density at radius 3 is 2.42 bits per heavy atom. The SMILES string of the molecule is CC(C)(C)CCC1CC(c2ccccc2)CCC1Cl. The number of alkyl halides is 1. The van der Waals surface area contributed by atoms with E-state index < -0.39 is 0 Å². The van der Waals surface area contributed by atoms with Crippen molar-refractivity contribution in [2.75, 3.05) is 0 Å². The second-order valence-electron chi connectivity index (χ2n) is 7.30. The molecule has 0 bridgehead atoms. The van der Waals surface area contributed by atoms with Crippen LogP contribution in [0.15, 0.2) is 30.3 Å². The fraction of sp³-hybridized carbons (Fsp3) is 0.667. The van der Waals surface area contributed by atoms with Crippen molar-refractivity contribution in [3.63, 3.8) is 0 Å². The van der Waals surface area contributed by atoms with Gasteiger partial charge in [-0.15, -0.1) is 11.6 Å². The Balaban J connectivity index is 1.96. The van der Waals surface area contributed by atoms with E-state index in [2.05, 4.69) is 51.1 Å². The topological polar surface area (TPSA) is 0 Å². The van der Waals surface area contributed by atoms with Gasteiger partial charge in [0.15, 0.2) is 0 Å². The first-order valence-corrected chi connectivity index (χ1v) is 8.08. The highest BCUT2D eigenvalue weighted by molar-refractivity contribution is 6.20. The van der Waals surface area contributed by atoms with E-state index in [1.807, 2.05) is 0 Å². The van der Waals surface area contributed by atoms with E-state index in [1.165, 1.54) is 37.7 Å². The second-order valence-corrected chi connectivity index (χ2v) is 7.86. The fourth-order valence-electron chi connectivity index (χ4n) is 3.17. The Bertz CT molecular complexity index is 376. The van der Waals surface area contributed by atoms with Gasteiger partial charge in [-0.1, -0.05) is 51.1 Å². The lowest BCUT2D eigenvalue weighted by Crippen LogP contribution is -2.25. The quantitative estimate of drug-likeness (QED) is 0.595. The Kier molecular flexibility index (Phi) is 4.95. The number of hydrogen-bond acceptors (Lipinski definition) is 0. The molecule has 1 saturated carbocycles. The molecular formula is C18H27Cl. The highest BCUT2D eigenvalue weighted by atomic mass is 35.5. The van der Waals surface area contributed by atoms with Crippen molar-refractivity contribution in [1.29, 1.82) is 0 Å². The second kappa shape index (κ2) is 6.31. The van der Waals surface area contributed by atoms with E-state index in [1.54, 1.807) is 0 Å². The average molecular weight is 279 g/mol. The smallest absolute Gasteiger partial charge is 0.0364 e. The van der Waals surface area contributed by atoms with Crippen molar-refractivity contribution in [2.24, 2.45) is 11.3 Å². The molecule has 1 aromatic rings. The third-order valence-electron chi connectivity index (χ3n) is 4.43. The lowest BCUT2D eigenvalue weighted by atomic mass is 9.74. The Labute approximate surface area is 123 Å². The molecular weight excluding hydrogens is 252 g/mol. The molecule has 0 nitrogen and oxygen atoms in total. The average Bonchev–Trinajstić information content (AvgIpc) is 2.38. The van der Waals surface area contributed by atoms with Gasteiger partial charge in [-0.25, -0.2) is 0 Å². The molecule has 1 heteroatoms. The van der Waals surface area contributed by atoms with Crippen LogP contribution in [0.4, 0.5) is 0 Å². The maximum atomic E-state index is 6.56. The molecule has 2 rings (SSSR count). The van der Waals surface area contributed by atoms with E-state index in [-0.39, 0.29) is 0 Å². The Morgan fingerprint density at radius 2 is 1.79 bits per heavy atom. The molecule has 0 aromatic heterocycles. The highest BCUT2D eigenvalue weighted by Crippen LogP contribution is 2.41. The summed E-state index contributed by atoms with van der Waals surface area (Å²) in [6, 6.07) is 11.0. The van der Waals surface area contributed by atoms with Crippen LogP contribution >= 0.6 is 11.6 Å². The highest BCUT2D eigenvalue weighted by Gasteiger charge is 2.30. The van der Waals surface area contributed by atoms with Crippen molar-refractivity contribution in [3.8, 4) is 0 Å². The van der Waals surface area contributed by atoms with E-state index in [4.69, 9.17) is 11.6 Å². The molecule has 106 valence electrons. The van der Waals surface area contributed by atoms with Gasteiger partial charge >= 0.3 is 0 Å². The van der Waals surface area contributed by atoms with Crippen LogP contribution in [0.5, 0.6) is 0 Å². The molecule has 3 unspecified atom stereocenters. The molecule has 3 atom stereocenters. The van der Waals surface area contributed by atoms with Crippen LogP contribution in [-0.2, 0) is 0 Å². The van der Waals surface area contributed by atoms with E-state index in [0.29, 0.717) is 16.7 Å². The first-order chi connectivity index (χ1) is 8.96. The minimum atomic E-state index is 0.391. The zero-order valence-corrected chi connectivity index (χ0v) is 13.3. The number of halogens is 1. The maximum absolute atomic E-state index is 6.56. The van der Waals surface area contributed by atoms with E-state index >= 15 is 0 Å². The molecule has 0 amide bonds. The standard InChI is InChI=1S/C18H27Cl/c1-18(2,3)12-11-16-13-15(9-10-17(16)19)14-7-5-4-6-8-14/h4-8,15-17H,9-13H2,1-3H3. The van der Waals surface area contributed by atoms with E-state index in [0.717, 1.165) is 5.92 Å². The summed E-state index contributed by atoms with van der Waals surface area (Å²) in [6.45, 7) is 6.98. The van der Waals surface area contributed by atoms with Crippen molar-refractivity contribution in [2.45, 2.75) is 64.2 Å². The lowest BCUT2D eigenvalue weighted by Gasteiger charge is -2.34. The summed E-state index contributed by atoms with van der Waals surface area (Å²) < 4.78 is 0. The number of rotatable bonds is 3. The molecule has 1 aliphatic carbocycles. The van der Waals surface area contributed by atoms with Gasteiger partial charge in [0.25, 0.3) is 0 Å². The number of benzene rings is 1. The van der Waals surface area contributed by atoms with Crippen molar-refractivity contribution >= 4 is 11.6 Å². The van der Waals surface area contributed by atoms with Gasteiger partial charge in [-0.2, -0.15) is 0 Å². The molecule has 0 aliphatic heterocycles. The summed E-state index contributed by atoms with van der Waals surface area (Å²) in [6.07, 6.45) is 6.26. The third-order valence-corrected chi connectivity index (χ3v) is 5.00. The van der Waals surface area contributed by atoms with Crippen LogP contribution in [-0.4, -0.2) is 5.38 Å². The minimum absolute atomic E-state index is 0.391. The van der Waals surface area contributed by atoms with Crippen molar-refractivity contribution in [3.05, 3.63) is 35.9 Å². The van der Waals surface area contributed by atoms with Crippen LogP contribution < -0.4 is 0 Å². The summed E-state index contributed by atoms with van der Waals surface area (Å²) in [5, 5.41) is 0.391. The maximum Gasteiger partial charge on any atom is 0.0364 e. The van der Waals surface area contributed by atoms with Crippen molar-refractivity contribution < 1.29 is 0 Å². The molecule has 0 saturated heterocycles. The molecule has 1 fully saturated rings. The molecule has 0 spiro atoms. The van der Waals surface area contributed by atoms with Gasteiger partial charge in [0.1, 0.15) is 0 Å². The summed E-state index contributed by atoms with van der Waals surface area (Å²) in [5.41, 5.74) is 1.93. The summed E-state index contributed by atoms with van der Waals surface area (Å²) in [5.74, 6) is 1.42. The predicted molar refractivity (Wildman–Crippen MR) is 84.9 cm³/mol. The molecule has 1 aliphatic rings. The fourth-order valence-corrected chi connectivity index (χ4v) is 3.53. The monoisotopic (exact) mass is 278 g/mol. The van der Waals surface area contributed by atoms with Gasteiger partial charge in [-0.3, -0.25) is 0 Å². The van der Waals surface area contributed by atoms with Crippen LogP contribution in [0.2, 0.25) is 0 Å². The molecule has 1 aromatic carbocycles. The Morgan fingerprint density at radius 1 is 1.11 bits per heavy atom. The lowest BCUT2D eigenvalue weighted by molar-refractivity contribution is 0.261. The summed E-state index contributed by atoms with van der Waals surface area (Å²) in [7, 11) is 0. The van der Waals surface area contributed by atoms with Crippen LogP contribution in [0.25, 0.3) is 0 Å². The molecule has 0 N–H and O–H groups in total. The van der Waals surface area contributed by atoms with Crippen LogP contribution in [0.3, 0.4) is 0 Å². The normalized spacial score (nSPS) is 28.3. The van der Waals surface area contributed by atoms with Gasteiger partial charge in [0.2, 0.25) is 0 Å². The first-order valence-electron chi connectivity index (χ1n) is 7.65. The zero-order chi connectivity index (χ0) is 13.9. The molecule has 19 heavy (non-hydrogen) atoms. The van der Waals surface area contributed by atoms with Gasteiger partial charge in [0.05, 0.1) is 0 Å². The molecule has 0 heterocycles. The van der Waals surface area contributed by atoms with Crippen LogP contribution in [0.1, 0.15) is 64.4 Å². The predicted octanol–water partition coefficient (Wildman–Crippen LogP) is 6.00. The zero-order valence-electron chi connectivity index (χ0n) is 12.5. The minimum Gasteiger partial charge on any atom is -0.123 e. The van der Waals surface area contributed by atoms with Crippen molar-refractivity contribution in [1.82, 2.24) is 0 Å². The first kappa shape index (κ1) is 14.9. The van der Waals surface area contributed by atoms with Gasteiger partial charge in [0, 0.05) is 5.38 Å². The molecule has 0 radical (unpaired) electrons. The number of hydrogen-bond donors (Lipinski definition) is 0. The van der Waals surface area contributed by atoms with E-state index in [9.17, 15) is 0 Å². The van der Waals surface area contributed by atoms with Crippen LogP contribution in [0, 0.1) is 11.3 Å². The van der Waals surface area contributed by atoms with Gasteiger partial charge in [-0.05, 0) is 54.9 Å². The van der Waals surface area contributed by atoms with Gasteiger partial charge < -0.3 is 0 Å².